The summed E-state index contributed by atoms with van der Waals surface area (Å²) in [5, 5.41) is 8.18. The zero-order valence-electron chi connectivity index (χ0n) is 14.8. The van der Waals surface area contributed by atoms with Gasteiger partial charge in [0.05, 0.1) is 11.8 Å². The Morgan fingerprint density at radius 3 is 2.96 bits per heavy atom. The van der Waals surface area contributed by atoms with Crippen molar-refractivity contribution in [1.29, 1.82) is 0 Å². The number of benzene rings is 2. The van der Waals surface area contributed by atoms with Gasteiger partial charge in [-0.15, -0.1) is 0 Å². The van der Waals surface area contributed by atoms with Gasteiger partial charge in [-0.3, -0.25) is 4.79 Å². The van der Waals surface area contributed by atoms with Crippen LogP contribution in [0.1, 0.15) is 17.0 Å². The predicted molar refractivity (Wildman–Crippen MR) is 108 cm³/mol. The van der Waals surface area contributed by atoms with E-state index in [9.17, 15) is 4.79 Å². The van der Waals surface area contributed by atoms with Crippen LogP contribution in [-0.2, 0) is 0 Å². The van der Waals surface area contributed by atoms with Crippen molar-refractivity contribution in [2.24, 2.45) is 0 Å². The lowest BCUT2D eigenvalue weighted by Gasteiger charge is -2.05. The van der Waals surface area contributed by atoms with Crippen LogP contribution >= 0.6 is 11.5 Å². The number of amides is 1. The van der Waals surface area contributed by atoms with Gasteiger partial charge < -0.3 is 19.8 Å². The number of aromatic nitrogens is 1. The van der Waals surface area contributed by atoms with E-state index in [1.54, 1.807) is 25.3 Å². The van der Waals surface area contributed by atoms with E-state index in [1.165, 1.54) is 11.5 Å². The molecule has 0 aliphatic heterocycles. The van der Waals surface area contributed by atoms with E-state index >= 15 is 0 Å². The fourth-order valence-corrected chi connectivity index (χ4v) is 3.61. The van der Waals surface area contributed by atoms with Gasteiger partial charge in [0, 0.05) is 23.9 Å². The van der Waals surface area contributed by atoms with Gasteiger partial charge in [0.25, 0.3) is 5.91 Å². The Balaban J connectivity index is 1.28. The molecule has 2 aromatic carbocycles. The van der Waals surface area contributed by atoms with E-state index in [1.807, 2.05) is 18.2 Å². The van der Waals surface area contributed by atoms with E-state index in [4.69, 9.17) is 9.15 Å². The Bertz CT molecular complexity index is 1090. The molecule has 0 fully saturated rings. The molecule has 4 aromatic rings. The molecule has 7 heteroatoms. The van der Waals surface area contributed by atoms with Gasteiger partial charge in [0.1, 0.15) is 17.2 Å². The molecule has 2 aromatic heterocycles. The molecule has 0 aliphatic carbocycles. The van der Waals surface area contributed by atoms with Gasteiger partial charge in [-0.1, -0.05) is 12.1 Å². The number of anilines is 1. The van der Waals surface area contributed by atoms with Crippen LogP contribution < -0.4 is 15.4 Å². The number of nitrogens with zero attached hydrogens (tertiary/aromatic N) is 1. The van der Waals surface area contributed by atoms with Gasteiger partial charge in [-0.2, -0.15) is 4.37 Å². The molecule has 27 heavy (non-hydrogen) atoms. The van der Waals surface area contributed by atoms with Gasteiger partial charge >= 0.3 is 0 Å². The summed E-state index contributed by atoms with van der Waals surface area (Å²) in [7, 11) is 1.61. The Kier molecular flexibility index (Phi) is 4.93. The van der Waals surface area contributed by atoms with Crippen LogP contribution in [0.15, 0.2) is 52.9 Å². The summed E-state index contributed by atoms with van der Waals surface area (Å²) in [6.07, 6.45) is 0.783. The maximum absolute atomic E-state index is 12.3. The standard InChI is InChI=1S/C20H19N3O3S/c1-25-14-7-8-16-13(11-14)12-17(26-16)20(24)22-10-4-9-21-19-15-5-2-3-6-18(15)27-23-19/h2-3,5-8,11-12H,4,9-10H2,1H3,(H,21,23)(H,22,24). The number of rotatable bonds is 7. The number of carbonyl (C=O) groups is 1. The second-order valence-electron chi connectivity index (χ2n) is 6.08. The number of furan rings is 1. The molecule has 0 bridgehead atoms. The van der Waals surface area contributed by atoms with Crippen LogP contribution in [0, 0.1) is 0 Å². The molecule has 0 atom stereocenters. The summed E-state index contributed by atoms with van der Waals surface area (Å²) in [5.74, 6) is 1.71. The summed E-state index contributed by atoms with van der Waals surface area (Å²) in [6.45, 7) is 1.28. The first-order valence-corrected chi connectivity index (χ1v) is 9.46. The quantitative estimate of drug-likeness (QED) is 0.467. The highest BCUT2D eigenvalue weighted by atomic mass is 32.1. The molecule has 0 unspecified atom stereocenters. The van der Waals surface area contributed by atoms with Gasteiger partial charge in [-0.05, 0) is 54.4 Å². The molecule has 6 nitrogen and oxygen atoms in total. The average molecular weight is 381 g/mol. The third-order valence-corrected chi connectivity index (χ3v) is 5.08. The molecular formula is C20H19N3O3S. The number of methoxy groups -OCH3 is 1. The number of ether oxygens (including phenoxy) is 1. The Morgan fingerprint density at radius 1 is 1.19 bits per heavy atom. The zero-order valence-corrected chi connectivity index (χ0v) is 15.6. The number of fused-ring (bicyclic) bond motifs is 2. The van der Waals surface area contributed by atoms with E-state index < -0.39 is 0 Å². The molecule has 1 amide bonds. The summed E-state index contributed by atoms with van der Waals surface area (Å²) in [5.41, 5.74) is 0.665. The first-order chi connectivity index (χ1) is 13.2. The summed E-state index contributed by atoms with van der Waals surface area (Å²) < 4.78 is 16.4. The van der Waals surface area contributed by atoms with Crippen molar-refractivity contribution in [1.82, 2.24) is 9.69 Å². The molecule has 2 heterocycles. The molecule has 0 saturated carbocycles. The van der Waals surface area contributed by atoms with Crippen LogP contribution in [0.25, 0.3) is 21.1 Å². The maximum atomic E-state index is 12.3. The Hall–Kier alpha value is -3.06. The van der Waals surface area contributed by atoms with Crippen LogP contribution in [0.3, 0.4) is 0 Å². The minimum Gasteiger partial charge on any atom is -0.497 e. The first-order valence-electron chi connectivity index (χ1n) is 8.68. The highest BCUT2D eigenvalue weighted by molar-refractivity contribution is 7.13. The third kappa shape index (κ3) is 3.73. The van der Waals surface area contributed by atoms with E-state index in [0.29, 0.717) is 17.9 Å². The highest BCUT2D eigenvalue weighted by Crippen LogP contribution is 2.26. The molecule has 2 N–H and O–H groups in total. The van der Waals surface area contributed by atoms with Gasteiger partial charge in [0.2, 0.25) is 0 Å². The molecule has 0 spiro atoms. The molecule has 138 valence electrons. The number of carbonyl (C=O) groups excluding carboxylic acids is 1. The lowest BCUT2D eigenvalue weighted by Crippen LogP contribution is -2.25. The molecule has 0 aliphatic rings. The van der Waals surface area contributed by atoms with E-state index in [2.05, 4.69) is 27.1 Å². The molecule has 0 radical (unpaired) electrons. The third-order valence-electron chi connectivity index (χ3n) is 4.26. The Labute approximate surface area is 160 Å². The van der Waals surface area contributed by atoms with Crippen LogP contribution in [-0.4, -0.2) is 30.5 Å². The Morgan fingerprint density at radius 2 is 2.07 bits per heavy atom. The van der Waals surface area contributed by atoms with Crippen molar-refractivity contribution in [3.63, 3.8) is 0 Å². The van der Waals surface area contributed by atoms with Gasteiger partial charge in [0.15, 0.2) is 5.76 Å². The van der Waals surface area contributed by atoms with Crippen molar-refractivity contribution in [2.45, 2.75) is 6.42 Å². The van der Waals surface area contributed by atoms with Crippen molar-refractivity contribution in [3.05, 3.63) is 54.3 Å². The summed E-state index contributed by atoms with van der Waals surface area (Å²) >= 11 is 1.48. The predicted octanol–water partition coefficient (Wildman–Crippen LogP) is 4.28. The highest BCUT2D eigenvalue weighted by Gasteiger charge is 2.12. The van der Waals surface area contributed by atoms with Crippen LogP contribution in [0.2, 0.25) is 0 Å². The molecule has 0 saturated heterocycles. The second-order valence-corrected chi connectivity index (χ2v) is 6.88. The normalized spacial score (nSPS) is 11.0. The topological polar surface area (TPSA) is 76.4 Å². The maximum Gasteiger partial charge on any atom is 0.287 e. The first kappa shape index (κ1) is 17.4. The van der Waals surface area contributed by atoms with Gasteiger partial charge in [-0.25, -0.2) is 0 Å². The van der Waals surface area contributed by atoms with Crippen LogP contribution in [0.5, 0.6) is 5.75 Å². The SMILES string of the molecule is COc1ccc2oc(C(=O)NCCCNc3nsc4ccccc34)cc2c1. The number of hydrogen-bond donors (Lipinski definition) is 2. The van der Waals surface area contributed by atoms with E-state index in [-0.39, 0.29) is 5.91 Å². The minimum atomic E-state index is -0.218. The molecular weight excluding hydrogens is 362 g/mol. The van der Waals surface area contributed by atoms with E-state index in [0.717, 1.165) is 40.0 Å². The summed E-state index contributed by atoms with van der Waals surface area (Å²) in [4.78, 5) is 12.3. The average Bonchev–Trinajstić information content (AvgIpc) is 3.31. The fraction of sp³-hybridized carbons (Fsp3) is 0.200. The number of hydrogen-bond acceptors (Lipinski definition) is 6. The summed E-state index contributed by atoms with van der Waals surface area (Å²) in [6, 6.07) is 15.3. The molecule has 4 rings (SSSR count). The second kappa shape index (κ2) is 7.67. The van der Waals surface area contributed by atoms with Crippen LogP contribution in [0.4, 0.5) is 5.82 Å². The van der Waals surface area contributed by atoms with Crippen molar-refractivity contribution < 1.29 is 13.9 Å². The zero-order chi connectivity index (χ0) is 18.6. The smallest absolute Gasteiger partial charge is 0.287 e. The van der Waals surface area contributed by atoms with Crippen molar-refractivity contribution in [2.75, 3.05) is 25.5 Å². The minimum absolute atomic E-state index is 0.218. The fourth-order valence-electron chi connectivity index (χ4n) is 2.86. The number of nitrogens with one attached hydrogen (secondary N) is 2. The lowest BCUT2D eigenvalue weighted by atomic mass is 10.2. The van der Waals surface area contributed by atoms with Crippen molar-refractivity contribution >= 4 is 44.3 Å². The largest absolute Gasteiger partial charge is 0.497 e. The van der Waals surface area contributed by atoms with Crippen molar-refractivity contribution in [3.8, 4) is 5.75 Å². The monoisotopic (exact) mass is 381 g/mol. The lowest BCUT2D eigenvalue weighted by molar-refractivity contribution is 0.0928.